The number of aromatic amines is 1. The maximum Gasteiger partial charge on any atom is 0.0497 e. The second kappa shape index (κ2) is 6.74. The molecule has 0 saturated carbocycles. The maximum absolute atomic E-state index is 6.18. The van der Waals surface area contributed by atoms with E-state index in [0.717, 1.165) is 52.6 Å². The van der Waals surface area contributed by atoms with Gasteiger partial charge in [-0.05, 0) is 67.3 Å². The van der Waals surface area contributed by atoms with Crippen LogP contribution >= 0.6 is 23.2 Å². The Morgan fingerprint density at radius 3 is 2.36 bits per heavy atom. The van der Waals surface area contributed by atoms with Crippen LogP contribution in [0.1, 0.15) is 18.4 Å². The molecule has 114 valence electrons. The third-order valence-electron chi connectivity index (χ3n) is 3.88. The molecule has 0 saturated heterocycles. The number of rotatable bonds is 5. The van der Waals surface area contributed by atoms with Gasteiger partial charge in [-0.3, -0.25) is 0 Å². The van der Waals surface area contributed by atoms with Gasteiger partial charge in [0.25, 0.3) is 0 Å². The van der Waals surface area contributed by atoms with Gasteiger partial charge in [0.2, 0.25) is 0 Å². The van der Waals surface area contributed by atoms with E-state index in [1.54, 1.807) is 0 Å². The van der Waals surface area contributed by atoms with Gasteiger partial charge in [0, 0.05) is 26.6 Å². The summed E-state index contributed by atoms with van der Waals surface area (Å²) >= 11 is 12.2. The van der Waals surface area contributed by atoms with Gasteiger partial charge in [-0.15, -0.1) is 0 Å². The summed E-state index contributed by atoms with van der Waals surface area (Å²) in [6, 6.07) is 13.9. The van der Waals surface area contributed by atoms with E-state index in [1.807, 2.05) is 42.5 Å². The Balaban J connectivity index is 2.10. The average molecular weight is 333 g/mol. The number of aryl methyl sites for hydroxylation is 1. The van der Waals surface area contributed by atoms with Gasteiger partial charge >= 0.3 is 0 Å². The van der Waals surface area contributed by atoms with Crippen LogP contribution in [-0.2, 0) is 6.42 Å². The zero-order valence-corrected chi connectivity index (χ0v) is 13.7. The van der Waals surface area contributed by atoms with E-state index in [2.05, 4.69) is 4.98 Å². The first-order chi connectivity index (χ1) is 10.7. The molecule has 0 unspecified atom stereocenters. The fourth-order valence-electron chi connectivity index (χ4n) is 2.79. The van der Waals surface area contributed by atoms with Gasteiger partial charge in [0.15, 0.2) is 0 Å². The zero-order chi connectivity index (χ0) is 15.5. The minimum absolute atomic E-state index is 0.722. The lowest BCUT2D eigenvalue weighted by atomic mass is 10.0. The molecule has 0 amide bonds. The third kappa shape index (κ3) is 3.14. The Labute approximate surface area is 140 Å². The lowest BCUT2D eigenvalue weighted by Crippen LogP contribution is -1.99. The quantitative estimate of drug-likeness (QED) is 0.601. The first-order valence-electron chi connectivity index (χ1n) is 7.45. The molecule has 4 heteroatoms. The number of nitrogens with two attached hydrogens (primary N) is 1. The third-order valence-corrected chi connectivity index (χ3v) is 4.37. The molecule has 0 aliphatic heterocycles. The van der Waals surface area contributed by atoms with Crippen molar-refractivity contribution in [3.05, 3.63) is 58.1 Å². The molecule has 3 rings (SSSR count). The molecule has 3 aromatic rings. The van der Waals surface area contributed by atoms with Gasteiger partial charge in [0.1, 0.15) is 0 Å². The van der Waals surface area contributed by atoms with E-state index in [4.69, 9.17) is 28.9 Å². The van der Waals surface area contributed by atoms with Crippen molar-refractivity contribution in [2.45, 2.75) is 19.3 Å². The highest BCUT2D eigenvalue weighted by atomic mass is 35.5. The van der Waals surface area contributed by atoms with Crippen molar-refractivity contribution in [1.82, 2.24) is 4.98 Å². The first-order valence-corrected chi connectivity index (χ1v) is 8.21. The standard InChI is InChI=1S/C18H18Cl2N2/c19-13-6-4-12(5-7-13)18-15(3-1-2-10-21)16-11-14(20)8-9-17(16)22-18/h4-9,11,22H,1-3,10,21H2. The van der Waals surface area contributed by atoms with Crippen LogP contribution in [0.5, 0.6) is 0 Å². The molecule has 2 aromatic carbocycles. The fraction of sp³-hybridized carbons (Fsp3) is 0.222. The highest BCUT2D eigenvalue weighted by Crippen LogP contribution is 2.33. The minimum Gasteiger partial charge on any atom is -0.354 e. The molecule has 3 N–H and O–H groups in total. The first kappa shape index (κ1) is 15.4. The number of hydrogen-bond donors (Lipinski definition) is 2. The van der Waals surface area contributed by atoms with Crippen molar-refractivity contribution in [2.75, 3.05) is 6.54 Å². The van der Waals surface area contributed by atoms with Crippen molar-refractivity contribution in [1.29, 1.82) is 0 Å². The van der Waals surface area contributed by atoms with E-state index < -0.39 is 0 Å². The minimum atomic E-state index is 0.722. The maximum atomic E-state index is 6.18. The van der Waals surface area contributed by atoms with E-state index in [0.29, 0.717) is 0 Å². The van der Waals surface area contributed by atoms with Crippen molar-refractivity contribution >= 4 is 34.1 Å². The Morgan fingerprint density at radius 1 is 0.909 bits per heavy atom. The normalized spacial score (nSPS) is 11.2. The largest absolute Gasteiger partial charge is 0.354 e. The van der Waals surface area contributed by atoms with Crippen LogP contribution in [-0.4, -0.2) is 11.5 Å². The fourth-order valence-corrected chi connectivity index (χ4v) is 3.09. The molecule has 0 radical (unpaired) electrons. The predicted molar refractivity (Wildman–Crippen MR) is 95.7 cm³/mol. The predicted octanol–water partition coefficient (Wildman–Crippen LogP) is 5.42. The van der Waals surface area contributed by atoms with Crippen LogP contribution in [0.25, 0.3) is 22.2 Å². The van der Waals surface area contributed by atoms with Crippen molar-refractivity contribution in [3.8, 4) is 11.3 Å². The summed E-state index contributed by atoms with van der Waals surface area (Å²) < 4.78 is 0. The summed E-state index contributed by atoms with van der Waals surface area (Å²) in [5, 5.41) is 2.69. The van der Waals surface area contributed by atoms with Crippen LogP contribution in [0.2, 0.25) is 10.0 Å². The Morgan fingerprint density at radius 2 is 1.64 bits per heavy atom. The van der Waals surface area contributed by atoms with Gasteiger partial charge in [-0.25, -0.2) is 0 Å². The number of aromatic nitrogens is 1. The highest BCUT2D eigenvalue weighted by Gasteiger charge is 2.13. The molecule has 0 fully saturated rings. The van der Waals surface area contributed by atoms with Crippen molar-refractivity contribution < 1.29 is 0 Å². The van der Waals surface area contributed by atoms with E-state index in [1.165, 1.54) is 10.9 Å². The average Bonchev–Trinajstić information content (AvgIpc) is 2.86. The molecule has 0 spiro atoms. The van der Waals surface area contributed by atoms with Crippen molar-refractivity contribution in [3.63, 3.8) is 0 Å². The number of hydrogen-bond acceptors (Lipinski definition) is 1. The van der Waals surface area contributed by atoms with E-state index >= 15 is 0 Å². The summed E-state index contributed by atoms with van der Waals surface area (Å²) in [5.41, 5.74) is 10.3. The summed E-state index contributed by atoms with van der Waals surface area (Å²) in [6.07, 6.45) is 3.07. The SMILES string of the molecule is NCCCCc1c(-c2ccc(Cl)cc2)[nH]c2ccc(Cl)cc12. The lowest BCUT2D eigenvalue weighted by Gasteiger charge is -2.05. The van der Waals surface area contributed by atoms with Crippen LogP contribution in [0.15, 0.2) is 42.5 Å². The summed E-state index contributed by atoms with van der Waals surface area (Å²) in [6.45, 7) is 0.722. The topological polar surface area (TPSA) is 41.8 Å². The second-order valence-corrected chi connectivity index (χ2v) is 6.29. The van der Waals surface area contributed by atoms with Gasteiger partial charge < -0.3 is 10.7 Å². The van der Waals surface area contributed by atoms with Crippen LogP contribution < -0.4 is 5.73 Å². The molecule has 0 aliphatic rings. The van der Waals surface area contributed by atoms with E-state index in [-0.39, 0.29) is 0 Å². The summed E-state index contributed by atoms with van der Waals surface area (Å²) in [7, 11) is 0. The molecule has 1 heterocycles. The van der Waals surface area contributed by atoms with Gasteiger partial charge in [0.05, 0.1) is 0 Å². The Hall–Kier alpha value is -1.48. The number of halogens is 2. The Kier molecular flexibility index (Phi) is 4.72. The van der Waals surface area contributed by atoms with Crippen LogP contribution in [0, 0.1) is 0 Å². The number of nitrogens with one attached hydrogen (secondary N) is 1. The number of benzene rings is 2. The molecule has 2 nitrogen and oxygen atoms in total. The molecular weight excluding hydrogens is 315 g/mol. The van der Waals surface area contributed by atoms with Crippen molar-refractivity contribution in [2.24, 2.45) is 5.73 Å². The van der Waals surface area contributed by atoms with Crippen LogP contribution in [0.3, 0.4) is 0 Å². The Bertz CT molecular complexity index is 776. The lowest BCUT2D eigenvalue weighted by molar-refractivity contribution is 0.748. The molecule has 0 atom stereocenters. The van der Waals surface area contributed by atoms with Gasteiger partial charge in [-0.1, -0.05) is 35.3 Å². The number of unbranched alkanes of at least 4 members (excludes halogenated alkanes) is 1. The van der Waals surface area contributed by atoms with Crippen LogP contribution in [0.4, 0.5) is 0 Å². The molecular formula is C18H18Cl2N2. The molecule has 1 aromatic heterocycles. The number of H-pyrrole nitrogens is 1. The second-order valence-electron chi connectivity index (χ2n) is 5.42. The van der Waals surface area contributed by atoms with Gasteiger partial charge in [-0.2, -0.15) is 0 Å². The molecule has 0 bridgehead atoms. The monoisotopic (exact) mass is 332 g/mol. The number of fused-ring (bicyclic) bond motifs is 1. The zero-order valence-electron chi connectivity index (χ0n) is 12.2. The van der Waals surface area contributed by atoms with E-state index in [9.17, 15) is 0 Å². The molecule has 22 heavy (non-hydrogen) atoms. The smallest absolute Gasteiger partial charge is 0.0497 e. The molecule has 0 aliphatic carbocycles. The summed E-state index contributed by atoms with van der Waals surface area (Å²) in [4.78, 5) is 3.52. The highest BCUT2D eigenvalue weighted by molar-refractivity contribution is 6.31. The summed E-state index contributed by atoms with van der Waals surface area (Å²) in [5.74, 6) is 0.